The van der Waals surface area contributed by atoms with Gasteiger partial charge in [-0.2, -0.15) is 5.10 Å². The monoisotopic (exact) mass is 231 g/mol. The Bertz CT molecular complexity index is 531. The third-order valence-electron chi connectivity index (χ3n) is 2.89. The summed E-state index contributed by atoms with van der Waals surface area (Å²) in [5, 5.41) is 4.40. The summed E-state index contributed by atoms with van der Waals surface area (Å²) in [6.07, 6.45) is 0. The molecule has 0 fully saturated rings. The van der Waals surface area contributed by atoms with Crippen LogP contribution in [-0.2, 0) is 18.4 Å². The van der Waals surface area contributed by atoms with Gasteiger partial charge in [-0.15, -0.1) is 0 Å². The molecule has 0 saturated heterocycles. The first kappa shape index (κ1) is 11.8. The molecule has 1 heterocycles. The predicted molar refractivity (Wildman–Crippen MR) is 66.6 cm³/mol. The average Bonchev–Trinajstić information content (AvgIpc) is 2.65. The van der Waals surface area contributed by atoms with Crippen LogP contribution in [0.15, 0.2) is 18.2 Å². The number of aromatic nitrogens is 3. The minimum atomic E-state index is 0.480. The summed E-state index contributed by atoms with van der Waals surface area (Å²) in [6, 6.07) is 6.26. The van der Waals surface area contributed by atoms with Gasteiger partial charge in [0.25, 0.3) is 0 Å². The van der Waals surface area contributed by atoms with Crippen molar-refractivity contribution in [1.82, 2.24) is 14.8 Å². The summed E-state index contributed by atoms with van der Waals surface area (Å²) in [5.41, 5.74) is 3.58. The second-order valence-corrected chi connectivity index (χ2v) is 4.21. The fourth-order valence-corrected chi connectivity index (χ4v) is 1.67. The maximum Gasteiger partial charge on any atom is 0.181 e. The molecular formula is C13H17N3O. The van der Waals surface area contributed by atoms with Gasteiger partial charge in [0.1, 0.15) is 6.61 Å². The minimum Gasteiger partial charge on any atom is -0.377 e. The van der Waals surface area contributed by atoms with Crippen LogP contribution in [0.5, 0.6) is 0 Å². The molecule has 0 aliphatic carbocycles. The average molecular weight is 231 g/mol. The molecule has 0 aliphatic heterocycles. The summed E-state index contributed by atoms with van der Waals surface area (Å²) in [4.78, 5) is 4.47. The minimum absolute atomic E-state index is 0.480. The maximum atomic E-state index is 5.08. The van der Waals surface area contributed by atoms with E-state index in [2.05, 4.69) is 36.1 Å². The Morgan fingerprint density at radius 2 is 2.00 bits per heavy atom. The smallest absolute Gasteiger partial charge is 0.181 e. The van der Waals surface area contributed by atoms with E-state index < -0.39 is 0 Å². The van der Waals surface area contributed by atoms with E-state index in [4.69, 9.17) is 4.74 Å². The molecule has 90 valence electrons. The lowest BCUT2D eigenvalue weighted by Gasteiger charge is -2.01. The second kappa shape index (κ2) is 4.67. The Hall–Kier alpha value is -1.68. The number of aryl methyl sites for hydroxylation is 3. The zero-order valence-corrected chi connectivity index (χ0v) is 10.7. The lowest BCUT2D eigenvalue weighted by atomic mass is 10.1. The fraction of sp³-hybridized carbons (Fsp3) is 0.385. The van der Waals surface area contributed by atoms with E-state index in [1.54, 1.807) is 11.8 Å². The van der Waals surface area contributed by atoms with Crippen molar-refractivity contribution in [3.63, 3.8) is 0 Å². The molecule has 0 amide bonds. The van der Waals surface area contributed by atoms with Gasteiger partial charge in [-0.1, -0.05) is 12.1 Å². The number of methoxy groups -OCH3 is 1. The highest BCUT2D eigenvalue weighted by Crippen LogP contribution is 2.19. The number of rotatable bonds is 3. The fourth-order valence-electron chi connectivity index (χ4n) is 1.67. The molecule has 0 atom stereocenters. The molecule has 2 aromatic rings. The summed E-state index contributed by atoms with van der Waals surface area (Å²) in [7, 11) is 3.54. The van der Waals surface area contributed by atoms with Crippen LogP contribution < -0.4 is 0 Å². The van der Waals surface area contributed by atoms with Crippen LogP contribution in [0.3, 0.4) is 0 Å². The van der Waals surface area contributed by atoms with Crippen LogP contribution >= 0.6 is 0 Å². The standard InChI is InChI=1S/C13H17N3O/c1-9-5-6-11(7-10(9)2)13-14-12(8-17-4)16(3)15-13/h5-7H,8H2,1-4H3. The summed E-state index contributed by atoms with van der Waals surface area (Å²) in [5.74, 6) is 1.59. The summed E-state index contributed by atoms with van der Waals surface area (Å²) >= 11 is 0. The van der Waals surface area contributed by atoms with Crippen molar-refractivity contribution in [3.8, 4) is 11.4 Å². The highest BCUT2D eigenvalue weighted by Gasteiger charge is 2.09. The van der Waals surface area contributed by atoms with Crippen LogP contribution in [-0.4, -0.2) is 21.9 Å². The van der Waals surface area contributed by atoms with Crippen LogP contribution in [0, 0.1) is 13.8 Å². The van der Waals surface area contributed by atoms with Gasteiger partial charge in [0, 0.05) is 19.7 Å². The normalized spacial score (nSPS) is 10.8. The van der Waals surface area contributed by atoms with Crippen molar-refractivity contribution in [1.29, 1.82) is 0 Å². The van der Waals surface area contributed by atoms with Crippen molar-refractivity contribution in [2.24, 2.45) is 7.05 Å². The van der Waals surface area contributed by atoms with Crippen LogP contribution in [0.1, 0.15) is 17.0 Å². The van der Waals surface area contributed by atoms with Crippen LogP contribution in [0.4, 0.5) is 0 Å². The third-order valence-corrected chi connectivity index (χ3v) is 2.89. The zero-order valence-electron chi connectivity index (χ0n) is 10.7. The zero-order chi connectivity index (χ0) is 12.4. The molecule has 0 bridgehead atoms. The summed E-state index contributed by atoms with van der Waals surface area (Å²) in [6.45, 7) is 4.67. The maximum absolute atomic E-state index is 5.08. The molecule has 0 aliphatic rings. The number of benzene rings is 1. The van der Waals surface area contributed by atoms with E-state index in [-0.39, 0.29) is 0 Å². The Morgan fingerprint density at radius 1 is 1.24 bits per heavy atom. The topological polar surface area (TPSA) is 39.9 Å². The highest BCUT2D eigenvalue weighted by molar-refractivity contribution is 5.56. The summed E-state index contributed by atoms with van der Waals surface area (Å²) < 4.78 is 6.84. The molecule has 0 saturated carbocycles. The molecule has 2 rings (SSSR count). The van der Waals surface area contributed by atoms with Crippen molar-refractivity contribution in [2.75, 3.05) is 7.11 Å². The quantitative estimate of drug-likeness (QED) is 0.813. The van der Waals surface area contributed by atoms with Gasteiger partial charge in [-0.05, 0) is 31.0 Å². The molecule has 4 heteroatoms. The number of ether oxygens (including phenoxy) is 1. The van der Waals surface area contributed by atoms with Gasteiger partial charge in [-0.25, -0.2) is 4.98 Å². The van der Waals surface area contributed by atoms with E-state index in [0.717, 1.165) is 17.2 Å². The van der Waals surface area contributed by atoms with Gasteiger partial charge in [0.15, 0.2) is 11.6 Å². The molecule has 0 N–H and O–H groups in total. The van der Waals surface area contributed by atoms with Crippen molar-refractivity contribution in [3.05, 3.63) is 35.2 Å². The van der Waals surface area contributed by atoms with Crippen molar-refractivity contribution >= 4 is 0 Å². The highest BCUT2D eigenvalue weighted by atomic mass is 16.5. The predicted octanol–water partition coefficient (Wildman–Crippen LogP) is 2.25. The van der Waals surface area contributed by atoms with E-state index in [1.807, 2.05) is 13.1 Å². The first-order valence-electron chi connectivity index (χ1n) is 5.58. The Balaban J connectivity index is 2.39. The van der Waals surface area contributed by atoms with Gasteiger partial charge in [-0.3, -0.25) is 4.68 Å². The van der Waals surface area contributed by atoms with Gasteiger partial charge in [0.2, 0.25) is 0 Å². The molecular weight excluding hydrogens is 214 g/mol. The molecule has 1 aromatic carbocycles. The number of hydrogen-bond acceptors (Lipinski definition) is 3. The van der Waals surface area contributed by atoms with Crippen LogP contribution in [0.2, 0.25) is 0 Å². The Kier molecular flexibility index (Phi) is 3.24. The van der Waals surface area contributed by atoms with Gasteiger partial charge >= 0.3 is 0 Å². The van der Waals surface area contributed by atoms with Crippen molar-refractivity contribution < 1.29 is 4.74 Å². The van der Waals surface area contributed by atoms with Gasteiger partial charge in [0.05, 0.1) is 0 Å². The third kappa shape index (κ3) is 2.36. The van der Waals surface area contributed by atoms with Crippen molar-refractivity contribution in [2.45, 2.75) is 20.5 Å². The lowest BCUT2D eigenvalue weighted by molar-refractivity contribution is 0.174. The molecule has 0 unspecified atom stereocenters. The molecule has 0 spiro atoms. The van der Waals surface area contributed by atoms with E-state index in [1.165, 1.54) is 11.1 Å². The SMILES string of the molecule is COCc1nc(-c2ccc(C)c(C)c2)nn1C. The van der Waals surface area contributed by atoms with E-state index in [9.17, 15) is 0 Å². The second-order valence-electron chi connectivity index (χ2n) is 4.21. The molecule has 0 radical (unpaired) electrons. The first-order valence-corrected chi connectivity index (χ1v) is 5.58. The lowest BCUT2D eigenvalue weighted by Crippen LogP contribution is -2.00. The number of hydrogen-bond donors (Lipinski definition) is 0. The number of nitrogens with zero attached hydrogens (tertiary/aromatic N) is 3. The Labute approximate surface area is 101 Å². The van der Waals surface area contributed by atoms with Crippen LogP contribution in [0.25, 0.3) is 11.4 Å². The van der Waals surface area contributed by atoms with Gasteiger partial charge < -0.3 is 4.74 Å². The largest absolute Gasteiger partial charge is 0.377 e. The molecule has 4 nitrogen and oxygen atoms in total. The van der Waals surface area contributed by atoms with E-state index >= 15 is 0 Å². The molecule has 17 heavy (non-hydrogen) atoms. The first-order chi connectivity index (χ1) is 8.11. The van der Waals surface area contributed by atoms with E-state index in [0.29, 0.717) is 6.61 Å². The molecule has 1 aromatic heterocycles. The Morgan fingerprint density at radius 3 is 2.65 bits per heavy atom.